The summed E-state index contributed by atoms with van der Waals surface area (Å²) in [7, 11) is 3.12. The second-order valence-electron chi connectivity index (χ2n) is 7.81. The number of rotatable bonds is 11. The minimum absolute atomic E-state index is 0.103. The zero-order valence-corrected chi connectivity index (χ0v) is 19.1. The van der Waals surface area contributed by atoms with Crippen molar-refractivity contribution in [2.75, 3.05) is 26.6 Å². The van der Waals surface area contributed by atoms with Crippen molar-refractivity contribution < 1.29 is 24.2 Å². The van der Waals surface area contributed by atoms with E-state index in [1.165, 1.54) is 18.2 Å². The quantitative estimate of drug-likeness (QED) is 0.221. The van der Waals surface area contributed by atoms with Gasteiger partial charge < -0.3 is 30.8 Å². The van der Waals surface area contributed by atoms with Crippen LogP contribution < -0.4 is 25.7 Å². The molecule has 0 saturated heterocycles. The van der Waals surface area contributed by atoms with Gasteiger partial charge in [-0.1, -0.05) is 42.5 Å². The van der Waals surface area contributed by atoms with Crippen LogP contribution in [0.3, 0.4) is 0 Å². The molecule has 0 radical (unpaired) electrons. The number of nitrogens with zero attached hydrogens (tertiary/aromatic N) is 1. The predicted octanol–water partition coefficient (Wildman–Crippen LogP) is 3.29. The van der Waals surface area contributed by atoms with Gasteiger partial charge in [0.05, 0.1) is 19.1 Å². The number of anilines is 1. The molecule has 0 spiro atoms. The molecule has 9 heteroatoms. The molecule has 0 amide bonds. The van der Waals surface area contributed by atoms with Gasteiger partial charge in [-0.2, -0.15) is 0 Å². The molecule has 0 fully saturated rings. The Morgan fingerprint density at radius 1 is 0.971 bits per heavy atom. The Hall–Kier alpha value is -3.82. The summed E-state index contributed by atoms with van der Waals surface area (Å²) < 4.78 is 16.4. The Bertz CT molecular complexity index is 1110. The van der Waals surface area contributed by atoms with E-state index in [1.54, 1.807) is 20.3 Å². The molecule has 0 aromatic heterocycles. The van der Waals surface area contributed by atoms with Crippen molar-refractivity contribution in [3.63, 3.8) is 0 Å². The summed E-state index contributed by atoms with van der Waals surface area (Å²) in [5.74, 6) is 0.970. The molecule has 0 aliphatic rings. The largest absolute Gasteiger partial charge is 0.493 e. The lowest BCUT2D eigenvalue weighted by Crippen LogP contribution is -2.44. The molecular weight excluding hydrogens is 438 g/mol. The molecule has 9 nitrogen and oxygen atoms in total. The molecule has 5 N–H and O–H groups in total. The Morgan fingerprint density at radius 2 is 1.68 bits per heavy atom. The minimum Gasteiger partial charge on any atom is -0.493 e. The van der Waals surface area contributed by atoms with Gasteiger partial charge in [-0.25, -0.2) is 0 Å². The second-order valence-corrected chi connectivity index (χ2v) is 7.81. The number of nitrogens with two attached hydrogens (primary N) is 2. The van der Waals surface area contributed by atoms with Crippen LogP contribution in [-0.4, -0.2) is 43.0 Å². The first-order valence-electron chi connectivity index (χ1n) is 10.7. The molecule has 3 aromatic rings. The maximum Gasteiger partial charge on any atom is 0.295 e. The second kappa shape index (κ2) is 11.4. The first-order valence-corrected chi connectivity index (χ1v) is 10.7. The van der Waals surface area contributed by atoms with Gasteiger partial charge in [-0.05, 0) is 35.7 Å². The molecule has 0 aliphatic carbocycles. The number of nitro benzene ring substituents is 1. The SMILES string of the molecule is COc1ccc(C(Cc2ccccc2)C(N)[C@H](O)COc2cccc([N+](=O)[O-])c2N)cc1OC. The van der Waals surface area contributed by atoms with E-state index in [1.807, 2.05) is 42.5 Å². The lowest BCUT2D eigenvalue weighted by molar-refractivity contribution is -0.384. The average Bonchev–Trinajstić information content (AvgIpc) is 2.86. The average molecular weight is 468 g/mol. The Morgan fingerprint density at radius 3 is 2.32 bits per heavy atom. The number of hydrogen-bond donors (Lipinski definition) is 3. The highest BCUT2D eigenvalue weighted by atomic mass is 16.6. The molecule has 0 bridgehead atoms. The Kier molecular flexibility index (Phi) is 8.29. The summed E-state index contributed by atoms with van der Waals surface area (Å²) in [5.41, 5.74) is 13.9. The maximum absolute atomic E-state index is 11.1. The number of para-hydroxylation sites is 1. The van der Waals surface area contributed by atoms with Crippen LogP contribution in [0.1, 0.15) is 17.0 Å². The van der Waals surface area contributed by atoms with E-state index < -0.39 is 17.1 Å². The number of hydrogen-bond acceptors (Lipinski definition) is 8. The van der Waals surface area contributed by atoms with Crippen molar-refractivity contribution in [2.45, 2.75) is 24.5 Å². The Labute approximate surface area is 198 Å². The van der Waals surface area contributed by atoms with Gasteiger partial charge >= 0.3 is 0 Å². The number of benzene rings is 3. The fraction of sp³-hybridized carbons (Fsp3) is 0.280. The standard InChI is InChI=1S/C25H29N3O6/c1-32-21-12-11-17(14-23(21)33-2)18(13-16-7-4-3-5-8-16)24(26)20(29)15-34-22-10-6-9-19(25(22)27)28(30)31/h3-12,14,18,20,24,29H,13,15,26-27H2,1-2H3/t18?,20-,24?/m1/s1. The third-order valence-electron chi connectivity index (χ3n) is 5.69. The van der Waals surface area contributed by atoms with E-state index in [2.05, 4.69) is 0 Å². The molecule has 0 saturated carbocycles. The molecule has 3 rings (SSSR count). The first-order chi connectivity index (χ1) is 16.3. The predicted molar refractivity (Wildman–Crippen MR) is 129 cm³/mol. The monoisotopic (exact) mass is 467 g/mol. The van der Waals surface area contributed by atoms with Crippen LogP contribution in [0.25, 0.3) is 0 Å². The summed E-state index contributed by atoms with van der Waals surface area (Å²) in [5, 5.41) is 22.0. The van der Waals surface area contributed by atoms with Crippen molar-refractivity contribution in [1.82, 2.24) is 0 Å². The van der Waals surface area contributed by atoms with Crippen LogP contribution in [0.2, 0.25) is 0 Å². The fourth-order valence-electron chi connectivity index (χ4n) is 3.80. The van der Waals surface area contributed by atoms with E-state index >= 15 is 0 Å². The minimum atomic E-state index is -1.08. The molecule has 0 heterocycles. The van der Waals surface area contributed by atoms with Crippen molar-refractivity contribution in [3.05, 3.63) is 88.0 Å². The molecular formula is C25H29N3O6. The van der Waals surface area contributed by atoms with Crippen LogP contribution in [0.4, 0.5) is 11.4 Å². The summed E-state index contributed by atoms with van der Waals surface area (Å²) in [6.45, 7) is -0.189. The van der Waals surface area contributed by atoms with Crippen LogP contribution >= 0.6 is 0 Å². The van der Waals surface area contributed by atoms with Crippen LogP contribution in [0.5, 0.6) is 17.2 Å². The fourth-order valence-corrected chi connectivity index (χ4v) is 3.80. The highest BCUT2D eigenvalue weighted by Crippen LogP contribution is 2.34. The van der Waals surface area contributed by atoms with Crippen LogP contribution in [0, 0.1) is 10.1 Å². The topological polar surface area (TPSA) is 143 Å². The molecule has 3 atom stereocenters. The van der Waals surface area contributed by atoms with Crippen molar-refractivity contribution in [3.8, 4) is 17.2 Å². The first kappa shape index (κ1) is 24.8. The van der Waals surface area contributed by atoms with Gasteiger partial charge in [-0.15, -0.1) is 0 Å². The number of aliphatic hydroxyl groups excluding tert-OH is 1. The number of nitrogen functional groups attached to an aromatic ring is 1. The molecule has 3 aromatic carbocycles. The van der Waals surface area contributed by atoms with Gasteiger partial charge in [0, 0.05) is 18.0 Å². The third kappa shape index (κ3) is 5.75. The summed E-state index contributed by atoms with van der Waals surface area (Å²) in [6.07, 6.45) is -0.520. The van der Waals surface area contributed by atoms with Crippen LogP contribution in [-0.2, 0) is 6.42 Å². The van der Waals surface area contributed by atoms with E-state index in [4.69, 9.17) is 25.7 Å². The van der Waals surface area contributed by atoms with Crippen molar-refractivity contribution >= 4 is 11.4 Å². The smallest absolute Gasteiger partial charge is 0.295 e. The Balaban J connectivity index is 1.84. The molecule has 180 valence electrons. The lowest BCUT2D eigenvalue weighted by atomic mass is 9.83. The van der Waals surface area contributed by atoms with Gasteiger partial charge in [0.25, 0.3) is 5.69 Å². The number of nitro groups is 1. The van der Waals surface area contributed by atoms with Crippen LogP contribution in [0.15, 0.2) is 66.7 Å². The number of aliphatic hydroxyl groups is 1. The zero-order valence-electron chi connectivity index (χ0n) is 19.1. The number of methoxy groups -OCH3 is 2. The van der Waals surface area contributed by atoms with Gasteiger partial charge in [0.2, 0.25) is 0 Å². The van der Waals surface area contributed by atoms with E-state index in [9.17, 15) is 15.2 Å². The zero-order chi connectivity index (χ0) is 24.7. The van der Waals surface area contributed by atoms with Gasteiger partial charge in [0.1, 0.15) is 18.5 Å². The normalized spacial score (nSPS) is 13.5. The van der Waals surface area contributed by atoms with E-state index in [0.29, 0.717) is 17.9 Å². The van der Waals surface area contributed by atoms with E-state index in [0.717, 1.165) is 11.1 Å². The molecule has 34 heavy (non-hydrogen) atoms. The number of ether oxygens (including phenoxy) is 3. The third-order valence-corrected chi connectivity index (χ3v) is 5.69. The summed E-state index contributed by atoms with van der Waals surface area (Å²) >= 11 is 0. The summed E-state index contributed by atoms with van der Waals surface area (Å²) in [4.78, 5) is 10.5. The molecule has 2 unspecified atom stereocenters. The van der Waals surface area contributed by atoms with Crippen molar-refractivity contribution in [1.29, 1.82) is 0 Å². The lowest BCUT2D eigenvalue weighted by Gasteiger charge is -2.29. The highest BCUT2D eigenvalue weighted by Gasteiger charge is 2.28. The van der Waals surface area contributed by atoms with E-state index in [-0.39, 0.29) is 29.6 Å². The van der Waals surface area contributed by atoms with Gasteiger partial charge in [0.15, 0.2) is 17.2 Å². The molecule has 0 aliphatic heterocycles. The summed E-state index contributed by atoms with van der Waals surface area (Å²) in [6, 6.07) is 18.9. The van der Waals surface area contributed by atoms with Crippen molar-refractivity contribution in [2.24, 2.45) is 5.73 Å². The maximum atomic E-state index is 11.1. The van der Waals surface area contributed by atoms with Gasteiger partial charge in [-0.3, -0.25) is 10.1 Å². The highest BCUT2D eigenvalue weighted by molar-refractivity contribution is 5.66.